The molecule has 0 atom stereocenters. The van der Waals surface area contributed by atoms with Gasteiger partial charge in [-0.05, 0) is 12.1 Å². The van der Waals surface area contributed by atoms with E-state index in [9.17, 15) is 0 Å². The van der Waals surface area contributed by atoms with E-state index in [0.29, 0.717) is 12.3 Å². The van der Waals surface area contributed by atoms with Gasteiger partial charge in [0, 0.05) is 24.1 Å². The Hall–Kier alpha value is -2.48. The average Bonchev–Trinajstić information content (AvgIpc) is 2.87. The van der Waals surface area contributed by atoms with Gasteiger partial charge in [-0.15, -0.1) is 0 Å². The second-order valence-electron chi connectivity index (χ2n) is 3.36. The Balaban J connectivity index is 1.94. The van der Waals surface area contributed by atoms with E-state index in [1.807, 2.05) is 30.3 Å². The Bertz CT molecular complexity index is 501. The molecule has 5 heteroatoms. The highest BCUT2D eigenvalue weighted by molar-refractivity contribution is 5.48. The van der Waals surface area contributed by atoms with Gasteiger partial charge >= 0.3 is 0 Å². The molecule has 17 heavy (non-hydrogen) atoms. The van der Waals surface area contributed by atoms with Gasteiger partial charge < -0.3 is 15.0 Å². The Kier molecular flexibility index (Phi) is 3.61. The van der Waals surface area contributed by atoms with E-state index in [0.717, 1.165) is 11.5 Å². The van der Waals surface area contributed by atoms with Gasteiger partial charge in [0.2, 0.25) is 0 Å². The lowest BCUT2D eigenvalue weighted by molar-refractivity contribution is 0.368. The molecule has 0 saturated carbocycles. The molecule has 0 amide bonds. The number of aromatic nitrogens is 2. The van der Waals surface area contributed by atoms with Crippen LogP contribution in [0.2, 0.25) is 0 Å². The molecule has 0 bridgehead atoms. The van der Waals surface area contributed by atoms with Gasteiger partial charge in [0.1, 0.15) is 17.6 Å². The molecule has 0 aliphatic heterocycles. The predicted octanol–water partition coefficient (Wildman–Crippen LogP) is 1.92. The molecular formula is C12H12N4O. The molecule has 0 spiro atoms. The normalized spacial score (nSPS) is 9.59. The van der Waals surface area contributed by atoms with E-state index >= 15 is 0 Å². The smallest absolute Gasteiger partial charge is 0.174 e. The fraction of sp³-hybridized carbons (Fsp3) is 0.167. The van der Waals surface area contributed by atoms with Crippen molar-refractivity contribution < 1.29 is 4.74 Å². The molecule has 0 radical (unpaired) electrons. The minimum Gasteiger partial charge on any atom is -0.479 e. The first-order valence-electron chi connectivity index (χ1n) is 5.20. The van der Waals surface area contributed by atoms with Crippen LogP contribution in [0.25, 0.3) is 0 Å². The SMILES string of the molecule is N#CCOc1cccc(NCc2ncc[nH]2)c1. The molecule has 0 saturated heterocycles. The number of rotatable bonds is 5. The summed E-state index contributed by atoms with van der Waals surface area (Å²) in [4.78, 5) is 7.12. The number of nitrogens with one attached hydrogen (secondary N) is 2. The van der Waals surface area contributed by atoms with E-state index in [1.165, 1.54) is 0 Å². The third-order valence-electron chi connectivity index (χ3n) is 2.15. The van der Waals surface area contributed by atoms with Crippen molar-refractivity contribution in [2.45, 2.75) is 6.54 Å². The van der Waals surface area contributed by atoms with Crippen LogP contribution in [0, 0.1) is 11.3 Å². The zero-order valence-electron chi connectivity index (χ0n) is 9.18. The molecule has 2 N–H and O–H groups in total. The number of imidazole rings is 1. The second kappa shape index (κ2) is 5.56. The second-order valence-corrected chi connectivity index (χ2v) is 3.36. The van der Waals surface area contributed by atoms with Crippen LogP contribution >= 0.6 is 0 Å². The molecule has 0 aliphatic rings. The summed E-state index contributed by atoms with van der Waals surface area (Å²) < 4.78 is 5.21. The molecule has 5 nitrogen and oxygen atoms in total. The molecule has 1 heterocycles. The fourth-order valence-electron chi connectivity index (χ4n) is 1.39. The van der Waals surface area contributed by atoms with Crippen LogP contribution in [-0.2, 0) is 6.54 Å². The van der Waals surface area contributed by atoms with Crippen LogP contribution in [0.4, 0.5) is 5.69 Å². The summed E-state index contributed by atoms with van der Waals surface area (Å²) in [6.45, 7) is 0.677. The van der Waals surface area contributed by atoms with Gasteiger partial charge in [0.05, 0.1) is 6.54 Å². The molecular weight excluding hydrogens is 216 g/mol. The lowest BCUT2D eigenvalue weighted by Gasteiger charge is -2.07. The highest BCUT2D eigenvalue weighted by Crippen LogP contribution is 2.17. The van der Waals surface area contributed by atoms with Crippen molar-refractivity contribution >= 4 is 5.69 Å². The van der Waals surface area contributed by atoms with Gasteiger partial charge in [-0.3, -0.25) is 0 Å². The summed E-state index contributed by atoms with van der Waals surface area (Å²) in [6, 6.07) is 9.40. The highest BCUT2D eigenvalue weighted by atomic mass is 16.5. The number of nitriles is 1. The Morgan fingerprint density at radius 1 is 1.47 bits per heavy atom. The van der Waals surface area contributed by atoms with Crippen LogP contribution in [-0.4, -0.2) is 16.6 Å². The molecule has 1 aromatic heterocycles. The highest BCUT2D eigenvalue weighted by Gasteiger charge is 1.98. The van der Waals surface area contributed by atoms with Crippen LogP contribution in [0.5, 0.6) is 5.75 Å². The topological polar surface area (TPSA) is 73.7 Å². The van der Waals surface area contributed by atoms with Crippen LogP contribution in [0.1, 0.15) is 5.82 Å². The predicted molar refractivity (Wildman–Crippen MR) is 63.5 cm³/mol. The lowest BCUT2D eigenvalue weighted by Crippen LogP contribution is -2.01. The first-order valence-corrected chi connectivity index (χ1v) is 5.20. The summed E-state index contributed by atoms with van der Waals surface area (Å²) in [5, 5.41) is 11.6. The maximum Gasteiger partial charge on any atom is 0.174 e. The van der Waals surface area contributed by atoms with Crippen molar-refractivity contribution in [3.8, 4) is 11.8 Å². The van der Waals surface area contributed by atoms with Crippen molar-refractivity contribution in [1.29, 1.82) is 5.26 Å². The molecule has 2 aromatic rings. The number of hydrogen-bond acceptors (Lipinski definition) is 4. The van der Waals surface area contributed by atoms with E-state index in [-0.39, 0.29) is 6.61 Å². The number of benzene rings is 1. The summed E-state index contributed by atoms with van der Waals surface area (Å²) >= 11 is 0. The zero-order chi connectivity index (χ0) is 11.9. The zero-order valence-corrected chi connectivity index (χ0v) is 9.18. The average molecular weight is 228 g/mol. The van der Waals surface area contributed by atoms with Crippen molar-refractivity contribution in [3.05, 3.63) is 42.5 Å². The maximum atomic E-state index is 8.42. The van der Waals surface area contributed by atoms with Gasteiger partial charge in [-0.1, -0.05) is 6.07 Å². The van der Waals surface area contributed by atoms with Crippen molar-refractivity contribution in [2.75, 3.05) is 11.9 Å². The first-order chi connectivity index (χ1) is 8.38. The van der Waals surface area contributed by atoms with E-state index in [4.69, 9.17) is 10.00 Å². The molecule has 1 aromatic carbocycles. The van der Waals surface area contributed by atoms with Crippen LogP contribution in [0.15, 0.2) is 36.7 Å². The molecule has 86 valence electrons. The van der Waals surface area contributed by atoms with Gasteiger partial charge in [0.25, 0.3) is 0 Å². The van der Waals surface area contributed by atoms with E-state index < -0.39 is 0 Å². The molecule has 0 aliphatic carbocycles. The number of hydrogen-bond donors (Lipinski definition) is 2. The minimum atomic E-state index is 0.0572. The number of anilines is 1. The summed E-state index contributed by atoms with van der Waals surface area (Å²) in [5.74, 6) is 1.55. The number of H-pyrrole nitrogens is 1. The van der Waals surface area contributed by atoms with Crippen molar-refractivity contribution in [3.63, 3.8) is 0 Å². The van der Waals surface area contributed by atoms with Gasteiger partial charge in [0.15, 0.2) is 6.61 Å². The fourth-order valence-corrected chi connectivity index (χ4v) is 1.39. The van der Waals surface area contributed by atoms with Gasteiger partial charge in [-0.25, -0.2) is 4.98 Å². The maximum absolute atomic E-state index is 8.42. The molecule has 2 rings (SSSR count). The van der Waals surface area contributed by atoms with Crippen LogP contribution in [0.3, 0.4) is 0 Å². The minimum absolute atomic E-state index is 0.0572. The monoisotopic (exact) mass is 228 g/mol. The number of aromatic amines is 1. The molecule has 0 unspecified atom stereocenters. The van der Waals surface area contributed by atoms with Crippen molar-refractivity contribution in [2.24, 2.45) is 0 Å². The first kappa shape index (κ1) is 11.0. The quantitative estimate of drug-likeness (QED) is 0.820. The summed E-state index contributed by atoms with van der Waals surface area (Å²) in [5.41, 5.74) is 0.928. The van der Waals surface area contributed by atoms with E-state index in [2.05, 4.69) is 15.3 Å². The Labute approximate surface area is 99.1 Å². The summed E-state index contributed by atoms with van der Waals surface area (Å²) in [7, 11) is 0. The summed E-state index contributed by atoms with van der Waals surface area (Å²) in [6.07, 6.45) is 3.49. The Morgan fingerprint density at radius 3 is 3.18 bits per heavy atom. The number of nitrogens with zero attached hydrogens (tertiary/aromatic N) is 2. The van der Waals surface area contributed by atoms with Crippen molar-refractivity contribution in [1.82, 2.24) is 9.97 Å². The molecule has 0 fully saturated rings. The standard InChI is InChI=1S/C12H12N4O/c13-4-7-17-11-3-1-2-10(8-11)16-9-12-14-5-6-15-12/h1-3,5-6,8,16H,7,9H2,(H,14,15). The largest absolute Gasteiger partial charge is 0.479 e. The Morgan fingerprint density at radius 2 is 2.41 bits per heavy atom. The third-order valence-corrected chi connectivity index (χ3v) is 2.15. The van der Waals surface area contributed by atoms with Crippen LogP contribution < -0.4 is 10.1 Å². The lowest BCUT2D eigenvalue weighted by atomic mass is 10.3. The van der Waals surface area contributed by atoms with Gasteiger partial charge in [-0.2, -0.15) is 5.26 Å². The van der Waals surface area contributed by atoms with E-state index in [1.54, 1.807) is 12.4 Å². The third kappa shape index (κ3) is 3.24. The number of ether oxygens (including phenoxy) is 1.